The summed E-state index contributed by atoms with van der Waals surface area (Å²) >= 11 is 1.86. The van der Waals surface area contributed by atoms with Gasteiger partial charge in [-0.25, -0.2) is 0 Å². The maximum absolute atomic E-state index is 11.7. The van der Waals surface area contributed by atoms with E-state index >= 15 is 0 Å². The zero-order valence-corrected chi connectivity index (χ0v) is 12.0. The van der Waals surface area contributed by atoms with E-state index in [1.165, 1.54) is 12.8 Å². The molecule has 1 heterocycles. The van der Waals surface area contributed by atoms with Gasteiger partial charge in [0.1, 0.15) is 0 Å². The number of amides is 1. The SMILES string of the molecule is CSC1(CNC(=O)CNCC2CC2)CCOCC1. The topological polar surface area (TPSA) is 50.4 Å². The third-order valence-corrected chi connectivity index (χ3v) is 5.28. The summed E-state index contributed by atoms with van der Waals surface area (Å²) in [7, 11) is 0. The normalized spacial score (nSPS) is 22.7. The van der Waals surface area contributed by atoms with Gasteiger partial charge in [0.2, 0.25) is 5.91 Å². The van der Waals surface area contributed by atoms with Gasteiger partial charge in [-0.2, -0.15) is 11.8 Å². The Hall–Kier alpha value is -0.260. The molecule has 2 aliphatic rings. The fraction of sp³-hybridized carbons (Fsp3) is 0.923. The molecule has 1 amide bonds. The summed E-state index contributed by atoms with van der Waals surface area (Å²) in [6, 6.07) is 0. The second kappa shape index (κ2) is 6.78. The minimum Gasteiger partial charge on any atom is -0.381 e. The highest BCUT2D eigenvalue weighted by Crippen LogP contribution is 2.32. The molecule has 0 bridgehead atoms. The van der Waals surface area contributed by atoms with Crippen molar-refractivity contribution in [2.45, 2.75) is 30.4 Å². The van der Waals surface area contributed by atoms with Crippen molar-refractivity contribution in [3.8, 4) is 0 Å². The van der Waals surface area contributed by atoms with E-state index in [1.807, 2.05) is 11.8 Å². The Morgan fingerprint density at radius 2 is 2.11 bits per heavy atom. The van der Waals surface area contributed by atoms with Crippen LogP contribution in [-0.2, 0) is 9.53 Å². The molecule has 0 aromatic heterocycles. The molecule has 0 aromatic carbocycles. The van der Waals surface area contributed by atoms with Gasteiger partial charge in [0.15, 0.2) is 0 Å². The molecule has 18 heavy (non-hydrogen) atoms. The predicted molar refractivity (Wildman–Crippen MR) is 74.9 cm³/mol. The molecule has 0 spiro atoms. The first-order chi connectivity index (χ1) is 8.74. The largest absolute Gasteiger partial charge is 0.381 e. The zero-order valence-electron chi connectivity index (χ0n) is 11.2. The molecule has 0 unspecified atom stereocenters. The summed E-state index contributed by atoms with van der Waals surface area (Å²) in [5.41, 5.74) is 0. The molecule has 5 heteroatoms. The molecule has 0 radical (unpaired) electrons. The van der Waals surface area contributed by atoms with Crippen LogP contribution >= 0.6 is 11.8 Å². The monoisotopic (exact) mass is 272 g/mol. The maximum atomic E-state index is 11.7. The Balaban J connectivity index is 1.63. The van der Waals surface area contributed by atoms with Crippen LogP contribution in [0.2, 0.25) is 0 Å². The molecule has 4 nitrogen and oxygen atoms in total. The molecule has 2 N–H and O–H groups in total. The Labute approximate surface area is 114 Å². The Morgan fingerprint density at radius 1 is 1.39 bits per heavy atom. The van der Waals surface area contributed by atoms with Crippen molar-refractivity contribution in [3.63, 3.8) is 0 Å². The summed E-state index contributed by atoms with van der Waals surface area (Å²) in [5, 5.41) is 6.28. The lowest BCUT2D eigenvalue weighted by molar-refractivity contribution is -0.120. The van der Waals surface area contributed by atoms with Crippen molar-refractivity contribution in [2.75, 3.05) is 39.1 Å². The van der Waals surface area contributed by atoms with Crippen LogP contribution < -0.4 is 10.6 Å². The molecule has 2 fully saturated rings. The van der Waals surface area contributed by atoms with Crippen LogP contribution in [0.3, 0.4) is 0 Å². The van der Waals surface area contributed by atoms with E-state index in [2.05, 4.69) is 16.9 Å². The van der Waals surface area contributed by atoms with Gasteiger partial charge >= 0.3 is 0 Å². The summed E-state index contributed by atoms with van der Waals surface area (Å²) in [6.45, 7) is 3.85. The number of hydrogen-bond donors (Lipinski definition) is 2. The number of nitrogens with one attached hydrogen (secondary N) is 2. The van der Waals surface area contributed by atoms with E-state index < -0.39 is 0 Å². The number of carbonyl (C=O) groups excluding carboxylic acids is 1. The van der Waals surface area contributed by atoms with Crippen LogP contribution in [0.5, 0.6) is 0 Å². The second-order valence-corrected chi connectivity index (χ2v) is 6.62. The van der Waals surface area contributed by atoms with Crippen LogP contribution in [0.4, 0.5) is 0 Å². The highest BCUT2D eigenvalue weighted by molar-refractivity contribution is 8.00. The van der Waals surface area contributed by atoms with E-state index in [1.54, 1.807) is 0 Å². The molecule has 1 aliphatic heterocycles. The van der Waals surface area contributed by atoms with Crippen LogP contribution in [-0.4, -0.2) is 49.8 Å². The van der Waals surface area contributed by atoms with Gasteiger partial charge < -0.3 is 15.4 Å². The minimum atomic E-state index is 0.121. The van der Waals surface area contributed by atoms with Gasteiger partial charge in [-0.15, -0.1) is 0 Å². The van der Waals surface area contributed by atoms with Crippen LogP contribution in [0, 0.1) is 5.92 Å². The third-order valence-electron chi connectivity index (χ3n) is 3.86. The lowest BCUT2D eigenvalue weighted by Crippen LogP contribution is -2.46. The number of rotatable bonds is 7. The van der Waals surface area contributed by atoms with Crippen molar-refractivity contribution < 1.29 is 9.53 Å². The van der Waals surface area contributed by atoms with E-state index in [4.69, 9.17) is 4.74 Å². The van der Waals surface area contributed by atoms with Gasteiger partial charge in [0, 0.05) is 24.5 Å². The van der Waals surface area contributed by atoms with Crippen LogP contribution in [0.15, 0.2) is 0 Å². The molecule has 1 aliphatic carbocycles. The first kappa shape index (κ1) is 14.2. The van der Waals surface area contributed by atoms with Gasteiger partial charge in [-0.3, -0.25) is 4.79 Å². The van der Waals surface area contributed by atoms with Gasteiger partial charge in [-0.1, -0.05) is 0 Å². The zero-order chi connectivity index (χ0) is 12.8. The third kappa shape index (κ3) is 4.44. The molecule has 0 aromatic rings. The fourth-order valence-corrected chi connectivity index (χ4v) is 3.02. The molecule has 1 saturated carbocycles. The standard InChI is InChI=1S/C13H24N2O2S/c1-18-13(4-6-17-7-5-13)10-15-12(16)9-14-8-11-2-3-11/h11,14H,2-10H2,1H3,(H,15,16). The summed E-state index contributed by atoms with van der Waals surface area (Å²) in [5.74, 6) is 0.946. The van der Waals surface area contributed by atoms with Crippen molar-refractivity contribution in [1.29, 1.82) is 0 Å². The molecular formula is C13H24N2O2S. The minimum absolute atomic E-state index is 0.121. The van der Waals surface area contributed by atoms with Gasteiger partial charge in [0.25, 0.3) is 0 Å². The number of thioether (sulfide) groups is 1. The molecular weight excluding hydrogens is 248 g/mol. The average molecular weight is 272 g/mol. The van der Waals surface area contributed by atoms with Crippen LogP contribution in [0.25, 0.3) is 0 Å². The predicted octanol–water partition coefficient (Wildman–Crippen LogP) is 1.01. The molecule has 1 saturated heterocycles. The molecule has 0 atom stereocenters. The maximum Gasteiger partial charge on any atom is 0.234 e. The van der Waals surface area contributed by atoms with E-state index in [-0.39, 0.29) is 10.7 Å². The van der Waals surface area contributed by atoms with E-state index in [0.29, 0.717) is 6.54 Å². The quantitative estimate of drug-likeness (QED) is 0.726. The van der Waals surface area contributed by atoms with Crippen molar-refractivity contribution in [1.82, 2.24) is 10.6 Å². The number of carbonyl (C=O) groups is 1. The number of hydrogen-bond acceptors (Lipinski definition) is 4. The van der Waals surface area contributed by atoms with E-state index in [9.17, 15) is 4.79 Å². The lowest BCUT2D eigenvalue weighted by atomic mass is 9.99. The Morgan fingerprint density at radius 3 is 2.72 bits per heavy atom. The second-order valence-electron chi connectivity index (χ2n) is 5.35. The fourth-order valence-electron chi connectivity index (χ4n) is 2.23. The summed E-state index contributed by atoms with van der Waals surface area (Å²) in [6.07, 6.45) is 6.84. The first-order valence-electron chi connectivity index (χ1n) is 6.84. The first-order valence-corrected chi connectivity index (χ1v) is 8.07. The number of ether oxygens (including phenoxy) is 1. The summed E-state index contributed by atoms with van der Waals surface area (Å²) < 4.78 is 5.58. The molecule has 2 rings (SSSR count). The van der Waals surface area contributed by atoms with Gasteiger partial charge in [0.05, 0.1) is 6.54 Å². The van der Waals surface area contributed by atoms with Crippen LogP contribution in [0.1, 0.15) is 25.7 Å². The highest BCUT2D eigenvalue weighted by atomic mass is 32.2. The van der Waals surface area contributed by atoms with Crippen molar-refractivity contribution in [2.24, 2.45) is 5.92 Å². The van der Waals surface area contributed by atoms with Crippen molar-refractivity contribution in [3.05, 3.63) is 0 Å². The highest BCUT2D eigenvalue weighted by Gasteiger charge is 2.32. The Bertz CT molecular complexity index is 276. The molecule has 104 valence electrons. The van der Waals surface area contributed by atoms with E-state index in [0.717, 1.165) is 45.1 Å². The Kier molecular flexibility index (Phi) is 5.33. The average Bonchev–Trinajstić information content (AvgIpc) is 3.22. The smallest absolute Gasteiger partial charge is 0.234 e. The summed E-state index contributed by atoms with van der Waals surface area (Å²) in [4.78, 5) is 11.7. The van der Waals surface area contributed by atoms with Gasteiger partial charge in [-0.05, 0) is 44.4 Å². The lowest BCUT2D eigenvalue weighted by Gasteiger charge is -2.35. The van der Waals surface area contributed by atoms with Crippen molar-refractivity contribution >= 4 is 17.7 Å².